The SMILES string of the molecule is C[C@@H](NC(=O)c1cc(OC[C@@H]2CN(C(=O)OC(C)(C)C)CCO2)cc(-c2ncc(Cl)s2)c1)c1cnc(C(F)(F)F)nc1. The number of hydrogen-bond donors (Lipinski definition) is 1. The van der Waals surface area contributed by atoms with E-state index in [1.807, 2.05) is 0 Å². The molecule has 0 aliphatic carbocycles. The molecule has 1 fully saturated rings. The van der Waals surface area contributed by atoms with Gasteiger partial charge in [-0.1, -0.05) is 11.6 Å². The Morgan fingerprint density at radius 3 is 2.50 bits per heavy atom. The van der Waals surface area contributed by atoms with Crippen LogP contribution < -0.4 is 10.1 Å². The second kappa shape index (κ2) is 12.8. The monoisotopic (exact) mass is 627 g/mol. The van der Waals surface area contributed by atoms with Gasteiger partial charge in [-0.15, -0.1) is 11.3 Å². The number of nitrogens with one attached hydrogen (secondary N) is 1. The Hall–Kier alpha value is -3.49. The Bertz CT molecular complexity index is 1410. The molecule has 1 N–H and O–H groups in total. The molecule has 1 aliphatic heterocycles. The molecule has 0 spiro atoms. The van der Waals surface area contributed by atoms with E-state index in [4.69, 9.17) is 25.8 Å². The molecule has 15 heteroatoms. The lowest BCUT2D eigenvalue weighted by molar-refractivity contribution is -0.145. The number of halogens is 4. The van der Waals surface area contributed by atoms with E-state index in [1.165, 1.54) is 23.6 Å². The van der Waals surface area contributed by atoms with Crippen LogP contribution in [0.4, 0.5) is 18.0 Å². The molecule has 3 aromatic rings. The summed E-state index contributed by atoms with van der Waals surface area (Å²) in [6.07, 6.45) is -2.02. The van der Waals surface area contributed by atoms with Gasteiger partial charge in [0.05, 0.1) is 25.4 Å². The summed E-state index contributed by atoms with van der Waals surface area (Å²) in [5.74, 6) is -1.44. The summed E-state index contributed by atoms with van der Waals surface area (Å²) >= 11 is 7.29. The smallest absolute Gasteiger partial charge is 0.451 e. The Labute approximate surface area is 249 Å². The van der Waals surface area contributed by atoms with Gasteiger partial charge in [0, 0.05) is 35.6 Å². The van der Waals surface area contributed by atoms with E-state index in [9.17, 15) is 22.8 Å². The number of thiazole rings is 1. The number of benzene rings is 1. The highest BCUT2D eigenvalue weighted by Gasteiger charge is 2.34. The van der Waals surface area contributed by atoms with Crippen molar-refractivity contribution < 1.29 is 37.0 Å². The Morgan fingerprint density at radius 2 is 1.88 bits per heavy atom. The molecule has 2 atom stereocenters. The van der Waals surface area contributed by atoms with Crippen LogP contribution in [0.15, 0.2) is 36.8 Å². The van der Waals surface area contributed by atoms with Gasteiger partial charge in [-0.25, -0.2) is 19.7 Å². The first-order valence-corrected chi connectivity index (χ1v) is 14.1. The van der Waals surface area contributed by atoms with Crippen molar-refractivity contribution >= 4 is 34.9 Å². The van der Waals surface area contributed by atoms with Gasteiger partial charge in [0.1, 0.15) is 33.4 Å². The Kier molecular flexibility index (Phi) is 9.58. The van der Waals surface area contributed by atoms with Crippen LogP contribution in [0.3, 0.4) is 0 Å². The lowest BCUT2D eigenvalue weighted by Gasteiger charge is -2.34. The van der Waals surface area contributed by atoms with Gasteiger partial charge in [-0.05, 0) is 45.9 Å². The molecule has 2 aromatic heterocycles. The Balaban J connectivity index is 1.48. The van der Waals surface area contributed by atoms with Crippen LogP contribution in [0, 0.1) is 0 Å². The van der Waals surface area contributed by atoms with E-state index in [-0.39, 0.29) is 18.7 Å². The number of rotatable bonds is 7. The van der Waals surface area contributed by atoms with E-state index >= 15 is 0 Å². The molecule has 1 saturated heterocycles. The van der Waals surface area contributed by atoms with Crippen molar-refractivity contribution in [3.8, 4) is 16.3 Å². The number of morpholine rings is 1. The van der Waals surface area contributed by atoms with Gasteiger partial charge >= 0.3 is 12.3 Å². The predicted molar refractivity (Wildman–Crippen MR) is 149 cm³/mol. The van der Waals surface area contributed by atoms with Crippen LogP contribution >= 0.6 is 22.9 Å². The van der Waals surface area contributed by atoms with Crippen LogP contribution in [0.5, 0.6) is 5.75 Å². The maximum Gasteiger partial charge on any atom is 0.451 e. The van der Waals surface area contributed by atoms with Crippen LogP contribution in [0.2, 0.25) is 4.34 Å². The summed E-state index contributed by atoms with van der Waals surface area (Å²) in [5, 5.41) is 3.29. The maximum atomic E-state index is 13.2. The van der Waals surface area contributed by atoms with Crippen molar-refractivity contribution in [2.45, 2.75) is 51.6 Å². The second-order valence-corrected chi connectivity index (χ2v) is 12.1. The van der Waals surface area contributed by atoms with Crippen molar-refractivity contribution in [2.24, 2.45) is 0 Å². The van der Waals surface area contributed by atoms with Crippen LogP contribution in [0.1, 0.15) is 55.5 Å². The van der Waals surface area contributed by atoms with Crippen LogP contribution in [0.25, 0.3) is 10.6 Å². The third-order valence-corrected chi connectivity index (χ3v) is 7.06. The number of hydrogen-bond acceptors (Lipinski definition) is 9. The van der Waals surface area contributed by atoms with Gasteiger partial charge in [0.25, 0.3) is 5.91 Å². The molecule has 2 amide bonds. The molecule has 0 saturated carbocycles. The zero-order valence-electron chi connectivity index (χ0n) is 23.2. The van der Waals surface area contributed by atoms with Crippen molar-refractivity contribution in [3.63, 3.8) is 0 Å². The zero-order chi connectivity index (χ0) is 30.7. The third-order valence-electron chi connectivity index (χ3n) is 5.89. The quantitative estimate of drug-likeness (QED) is 0.351. The molecule has 226 valence electrons. The standard InChI is InChI=1S/C27H29ClF3N5O5S/c1-15(18-10-33-24(34-11-18)27(29,30)31)35-22(37)16-7-17(23-32-12-21(28)42-23)9-19(8-16)40-14-20-13-36(5-6-39-20)25(38)41-26(2,3)4/h7-12,15,20H,5-6,13-14H2,1-4H3,(H,35,37)/t15-,20+/m1/s1. The van der Waals surface area contributed by atoms with Crippen LogP contribution in [-0.2, 0) is 15.7 Å². The van der Waals surface area contributed by atoms with Gasteiger partial charge in [0.15, 0.2) is 0 Å². The highest BCUT2D eigenvalue weighted by atomic mass is 35.5. The molecule has 4 rings (SSSR count). The molecule has 3 heterocycles. The third kappa shape index (κ3) is 8.52. The number of carbonyl (C=O) groups is 2. The number of ether oxygens (including phenoxy) is 3. The number of alkyl halides is 3. The topological polar surface area (TPSA) is 116 Å². The van der Waals surface area contributed by atoms with Gasteiger partial charge < -0.3 is 24.4 Å². The molecule has 42 heavy (non-hydrogen) atoms. The summed E-state index contributed by atoms with van der Waals surface area (Å²) in [5.41, 5.74) is 0.447. The zero-order valence-corrected chi connectivity index (χ0v) is 24.8. The lowest BCUT2D eigenvalue weighted by Crippen LogP contribution is -2.49. The summed E-state index contributed by atoms with van der Waals surface area (Å²) in [4.78, 5) is 38.3. The molecule has 10 nitrogen and oxygen atoms in total. The van der Waals surface area contributed by atoms with Crippen molar-refractivity contribution in [1.29, 1.82) is 0 Å². The molecule has 1 aromatic carbocycles. The number of aromatic nitrogens is 3. The molecular weight excluding hydrogens is 599 g/mol. The summed E-state index contributed by atoms with van der Waals surface area (Å²) < 4.78 is 56.1. The van der Waals surface area contributed by atoms with E-state index in [0.717, 1.165) is 12.4 Å². The fourth-order valence-corrected chi connectivity index (χ4v) is 4.80. The molecule has 1 aliphatic rings. The molecule has 0 radical (unpaired) electrons. The van der Waals surface area contributed by atoms with E-state index in [2.05, 4.69) is 20.3 Å². The minimum absolute atomic E-state index is 0.0851. The first-order chi connectivity index (χ1) is 19.7. The van der Waals surface area contributed by atoms with Gasteiger partial charge in [-0.2, -0.15) is 13.2 Å². The fourth-order valence-electron chi connectivity index (χ4n) is 3.90. The predicted octanol–water partition coefficient (Wildman–Crippen LogP) is 5.78. The normalized spacial score (nSPS) is 16.6. The van der Waals surface area contributed by atoms with Gasteiger partial charge in [-0.3, -0.25) is 4.79 Å². The van der Waals surface area contributed by atoms with Gasteiger partial charge in [0.2, 0.25) is 5.82 Å². The van der Waals surface area contributed by atoms with Crippen molar-refractivity contribution in [1.82, 2.24) is 25.2 Å². The maximum absolute atomic E-state index is 13.2. The minimum Gasteiger partial charge on any atom is -0.491 e. The van der Waals surface area contributed by atoms with Crippen molar-refractivity contribution in [3.05, 3.63) is 58.1 Å². The van der Waals surface area contributed by atoms with Crippen molar-refractivity contribution in [2.75, 3.05) is 26.3 Å². The number of carbonyl (C=O) groups excluding carboxylic acids is 2. The Morgan fingerprint density at radius 1 is 1.17 bits per heavy atom. The summed E-state index contributed by atoms with van der Waals surface area (Å²) in [6.45, 7) is 8.02. The fraction of sp³-hybridized carbons (Fsp3) is 0.444. The summed E-state index contributed by atoms with van der Waals surface area (Å²) in [6, 6.07) is 4.14. The molecular formula is C27H29ClF3N5O5S. The highest BCUT2D eigenvalue weighted by molar-refractivity contribution is 7.18. The van der Waals surface area contributed by atoms with E-state index in [1.54, 1.807) is 44.7 Å². The lowest BCUT2D eigenvalue weighted by atomic mass is 10.1. The first kappa shape index (κ1) is 31.4. The van der Waals surface area contributed by atoms with E-state index < -0.39 is 41.7 Å². The van der Waals surface area contributed by atoms with Crippen LogP contribution in [-0.4, -0.2) is 69.9 Å². The highest BCUT2D eigenvalue weighted by Crippen LogP contribution is 2.32. The van der Waals surface area contributed by atoms with E-state index in [0.29, 0.717) is 39.4 Å². The average Bonchev–Trinajstić information content (AvgIpc) is 3.37. The minimum atomic E-state index is -4.67. The first-order valence-electron chi connectivity index (χ1n) is 12.9. The summed E-state index contributed by atoms with van der Waals surface area (Å²) in [7, 11) is 0. The largest absolute Gasteiger partial charge is 0.491 e. The number of nitrogens with zero attached hydrogens (tertiary/aromatic N) is 4. The molecule has 0 unspecified atom stereocenters. The molecule has 0 bridgehead atoms. The average molecular weight is 628 g/mol. The second-order valence-electron chi connectivity index (χ2n) is 10.5. The number of amides is 2.